The minimum absolute atomic E-state index is 0.152. The van der Waals surface area contributed by atoms with E-state index in [1.807, 2.05) is 0 Å². The van der Waals surface area contributed by atoms with Gasteiger partial charge in [-0.15, -0.1) is 0 Å². The molecule has 0 heterocycles. The fourth-order valence-corrected chi connectivity index (χ4v) is 1.47. The molecule has 3 N–H and O–H groups in total. The average Bonchev–Trinajstić information content (AvgIpc) is 2.33. The van der Waals surface area contributed by atoms with Gasteiger partial charge in [-0.25, -0.2) is 13.6 Å². The van der Waals surface area contributed by atoms with Crippen LogP contribution in [0.4, 0.5) is 14.5 Å². The van der Waals surface area contributed by atoms with Crippen LogP contribution in [0.15, 0.2) is 12.1 Å². The smallest absolute Gasteiger partial charge is 0.337 e. The highest BCUT2D eigenvalue weighted by Gasteiger charge is 2.16. The minimum atomic E-state index is -1.44. The topological polar surface area (TPSA) is 78.4 Å². The summed E-state index contributed by atoms with van der Waals surface area (Å²) >= 11 is 0. The van der Waals surface area contributed by atoms with E-state index < -0.39 is 29.1 Å². The summed E-state index contributed by atoms with van der Waals surface area (Å²) in [6, 6.07) is 1.20. The Balaban J connectivity index is 2.84. The number of nitrogens with one attached hydrogen (secondary N) is 2. The van der Waals surface area contributed by atoms with E-state index >= 15 is 0 Å². The van der Waals surface area contributed by atoms with Gasteiger partial charge in [0.15, 0.2) is 11.6 Å². The van der Waals surface area contributed by atoms with Crippen LogP contribution in [0.3, 0.4) is 0 Å². The molecule has 0 bridgehead atoms. The van der Waals surface area contributed by atoms with Crippen molar-refractivity contribution in [3.8, 4) is 0 Å². The number of benzene rings is 1. The lowest BCUT2D eigenvalue weighted by atomic mass is 10.1. The molecule has 1 aromatic carbocycles. The van der Waals surface area contributed by atoms with Crippen molar-refractivity contribution in [2.45, 2.75) is 12.8 Å². The second-order valence-corrected chi connectivity index (χ2v) is 3.87. The molecular weight excluding hydrogens is 258 g/mol. The van der Waals surface area contributed by atoms with E-state index in [1.54, 1.807) is 7.05 Å². The monoisotopic (exact) mass is 272 g/mol. The van der Waals surface area contributed by atoms with Crippen LogP contribution in [-0.2, 0) is 4.79 Å². The SMILES string of the molecule is CNCCCC(=O)Nc1cc(F)c(F)cc1C(=O)O. The molecule has 0 spiro atoms. The quantitative estimate of drug-likeness (QED) is 0.687. The van der Waals surface area contributed by atoms with Crippen molar-refractivity contribution in [2.75, 3.05) is 18.9 Å². The maximum absolute atomic E-state index is 13.1. The second kappa shape index (κ2) is 6.79. The van der Waals surface area contributed by atoms with Gasteiger partial charge in [0, 0.05) is 12.5 Å². The van der Waals surface area contributed by atoms with Crippen LogP contribution < -0.4 is 10.6 Å². The number of hydrogen-bond acceptors (Lipinski definition) is 3. The predicted molar refractivity (Wildman–Crippen MR) is 65.1 cm³/mol. The zero-order valence-electron chi connectivity index (χ0n) is 10.3. The molecule has 0 radical (unpaired) electrons. The Bertz CT molecular complexity index is 492. The average molecular weight is 272 g/mol. The Morgan fingerprint density at radius 3 is 2.47 bits per heavy atom. The molecular formula is C12H14F2N2O3. The van der Waals surface area contributed by atoms with Gasteiger partial charge in [-0.1, -0.05) is 0 Å². The van der Waals surface area contributed by atoms with Crippen molar-refractivity contribution in [1.29, 1.82) is 0 Å². The molecule has 1 aromatic rings. The lowest BCUT2D eigenvalue weighted by Crippen LogP contribution is -2.17. The maximum Gasteiger partial charge on any atom is 0.337 e. The van der Waals surface area contributed by atoms with E-state index in [9.17, 15) is 18.4 Å². The molecule has 0 saturated carbocycles. The number of aromatic carboxylic acids is 1. The second-order valence-electron chi connectivity index (χ2n) is 3.87. The summed E-state index contributed by atoms with van der Waals surface area (Å²) < 4.78 is 26.0. The molecule has 0 aliphatic heterocycles. The molecule has 0 unspecified atom stereocenters. The molecule has 5 nitrogen and oxygen atoms in total. The molecule has 19 heavy (non-hydrogen) atoms. The van der Waals surface area contributed by atoms with Crippen molar-refractivity contribution in [3.63, 3.8) is 0 Å². The highest BCUT2D eigenvalue weighted by Crippen LogP contribution is 2.20. The predicted octanol–water partition coefficient (Wildman–Crippen LogP) is 1.60. The van der Waals surface area contributed by atoms with Crippen LogP contribution in [0.2, 0.25) is 0 Å². The summed E-state index contributed by atoms with van der Waals surface area (Å²) in [6.07, 6.45) is 0.702. The van der Waals surface area contributed by atoms with Crippen LogP contribution in [0, 0.1) is 11.6 Å². The molecule has 0 atom stereocenters. The van der Waals surface area contributed by atoms with Crippen LogP contribution in [0.5, 0.6) is 0 Å². The maximum atomic E-state index is 13.1. The number of carboxylic acids is 1. The largest absolute Gasteiger partial charge is 0.478 e. The van der Waals surface area contributed by atoms with Gasteiger partial charge in [0.1, 0.15) is 0 Å². The van der Waals surface area contributed by atoms with E-state index in [2.05, 4.69) is 10.6 Å². The molecule has 0 aliphatic carbocycles. The molecule has 0 saturated heterocycles. The number of carboxylic acid groups (broad SMARTS) is 1. The lowest BCUT2D eigenvalue weighted by Gasteiger charge is -2.09. The Kier molecular flexibility index (Phi) is 5.37. The molecule has 0 aliphatic rings. The van der Waals surface area contributed by atoms with E-state index in [0.29, 0.717) is 25.1 Å². The summed E-state index contributed by atoms with van der Waals surface area (Å²) in [5, 5.41) is 14.0. The van der Waals surface area contributed by atoms with Crippen molar-refractivity contribution >= 4 is 17.6 Å². The molecule has 1 amide bonds. The molecule has 0 fully saturated rings. The third-order valence-corrected chi connectivity index (χ3v) is 2.40. The molecule has 104 valence electrons. The van der Waals surface area contributed by atoms with Crippen LogP contribution in [-0.4, -0.2) is 30.6 Å². The molecule has 0 aromatic heterocycles. The number of amides is 1. The summed E-state index contributed by atoms with van der Waals surface area (Å²) in [4.78, 5) is 22.4. The van der Waals surface area contributed by atoms with Crippen molar-refractivity contribution < 1.29 is 23.5 Å². The molecule has 7 heteroatoms. The summed E-state index contributed by atoms with van der Waals surface area (Å²) in [6.45, 7) is 0.622. The standard InChI is InChI=1S/C12H14F2N2O3/c1-15-4-2-3-11(17)16-10-6-9(14)8(13)5-7(10)12(18)19/h5-6,15H,2-4H2,1H3,(H,16,17)(H,18,19). The van der Waals surface area contributed by atoms with Crippen molar-refractivity contribution in [3.05, 3.63) is 29.3 Å². The third-order valence-electron chi connectivity index (χ3n) is 2.40. The van der Waals surface area contributed by atoms with Gasteiger partial charge < -0.3 is 15.7 Å². The number of rotatable bonds is 6. The Morgan fingerprint density at radius 2 is 1.89 bits per heavy atom. The first kappa shape index (κ1) is 15.0. The first-order valence-electron chi connectivity index (χ1n) is 5.62. The Labute approximate surface area is 108 Å². The Hall–Kier alpha value is -2.02. The van der Waals surface area contributed by atoms with Crippen molar-refractivity contribution in [2.24, 2.45) is 0 Å². The normalized spacial score (nSPS) is 10.3. The summed E-state index contributed by atoms with van der Waals surface area (Å²) in [7, 11) is 1.73. The highest BCUT2D eigenvalue weighted by atomic mass is 19.2. The van der Waals surface area contributed by atoms with Crippen LogP contribution in [0.1, 0.15) is 23.2 Å². The number of hydrogen-bond donors (Lipinski definition) is 3. The van der Waals surface area contributed by atoms with Gasteiger partial charge in [-0.05, 0) is 26.1 Å². The summed E-state index contributed by atoms with van der Waals surface area (Å²) in [5.74, 6) is -4.38. The van der Waals surface area contributed by atoms with Gasteiger partial charge in [0.25, 0.3) is 0 Å². The number of carbonyl (C=O) groups is 2. The molecule has 1 rings (SSSR count). The van der Waals surface area contributed by atoms with Crippen LogP contribution >= 0.6 is 0 Å². The van der Waals surface area contributed by atoms with E-state index in [0.717, 1.165) is 0 Å². The number of anilines is 1. The van der Waals surface area contributed by atoms with E-state index in [4.69, 9.17) is 5.11 Å². The van der Waals surface area contributed by atoms with Gasteiger partial charge >= 0.3 is 5.97 Å². The van der Waals surface area contributed by atoms with E-state index in [-0.39, 0.29) is 12.1 Å². The van der Waals surface area contributed by atoms with Gasteiger partial charge in [-0.3, -0.25) is 4.79 Å². The minimum Gasteiger partial charge on any atom is -0.478 e. The van der Waals surface area contributed by atoms with Gasteiger partial charge in [0.05, 0.1) is 11.3 Å². The zero-order chi connectivity index (χ0) is 14.4. The fourth-order valence-electron chi connectivity index (χ4n) is 1.47. The first-order chi connectivity index (χ1) is 8.95. The zero-order valence-corrected chi connectivity index (χ0v) is 10.3. The highest BCUT2D eigenvalue weighted by molar-refractivity contribution is 6.00. The van der Waals surface area contributed by atoms with Gasteiger partial charge in [-0.2, -0.15) is 0 Å². The number of carbonyl (C=O) groups excluding carboxylic acids is 1. The Morgan fingerprint density at radius 1 is 1.26 bits per heavy atom. The third kappa shape index (κ3) is 4.29. The van der Waals surface area contributed by atoms with Crippen LogP contribution in [0.25, 0.3) is 0 Å². The summed E-state index contributed by atoms with van der Waals surface area (Å²) in [5.41, 5.74) is -0.735. The number of halogens is 2. The van der Waals surface area contributed by atoms with Gasteiger partial charge in [0.2, 0.25) is 5.91 Å². The fraction of sp³-hybridized carbons (Fsp3) is 0.333. The lowest BCUT2D eigenvalue weighted by molar-refractivity contribution is -0.116. The first-order valence-corrected chi connectivity index (χ1v) is 5.62. The van der Waals surface area contributed by atoms with Crippen molar-refractivity contribution in [1.82, 2.24) is 5.32 Å². The van der Waals surface area contributed by atoms with E-state index in [1.165, 1.54) is 0 Å².